The van der Waals surface area contributed by atoms with Gasteiger partial charge in [-0.25, -0.2) is 0 Å². The molecule has 0 aliphatic rings. The third kappa shape index (κ3) is 2.75. The van der Waals surface area contributed by atoms with Gasteiger partial charge in [-0.2, -0.15) is 5.26 Å². The van der Waals surface area contributed by atoms with E-state index in [2.05, 4.69) is 0 Å². The number of unbranched alkanes of at least 4 members (excludes halogenated alkanes) is 1. The van der Waals surface area contributed by atoms with Crippen molar-refractivity contribution in [2.75, 3.05) is 0 Å². The standard InChI is InChI=1S/C10H11NO2/c1-8-5-6-10(13-8)9(12)4-2-3-7-11/h5-6H,2-4H2,1H3. The fourth-order valence-corrected chi connectivity index (χ4v) is 1.04. The Bertz CT molecular complexity index is 333. The first kappa shape index (κ1) is 9.53. The number of ketones is 1. The van der Waals surface area contributed by atoms with E-state index in [0.29, 0.717) is 25.0 Å². The first-order valence-corrected chi connectivity index (χ1v) is 4.20. The van der Waals surface area contributed by atoms with Gasteiger partial charge in [0.2, 0.25) is 0 Å². The molecular formula is C10H11NO2. The van der Waals surface area contributed by atoms with Crippen LogP contribution in [0, 0.1) is 18.3 Å². The van der Waals surface area contributed by atoms with E-state index < -0.39 is 0 Å². The molecule has 0 saturated carbocycles. The Morgan fingerprint density at radius 2 is 2.38 bits per heavy atom. The van der Waals surface area contributed by atoms with Crippen LogP contribution in [0.2, 0.25) is 0 Å². The molecule has 0 aromatic carbocycles. The number of carbonyl (C=O) groups is 1. The fourth-order valence-electron chi connectivity index (χ4n) is 1.04. The Morgan fingerprint density at radius 3 is 2.92 bits per heavy atom. The maximum atomic E-state index is 11.3. The summed E-state index contributed by atoms with van der Waals surface area (Å²) in [4.78, 5) is 11.3. The predicted molar refractivity (Wildman–Crippen MR) is 47.2 cm³/mol. The summed E-state index contributed by atoms with van der Waals surface area (Å²) in [5.74, 6) is 1.11. The summed E-state index contributed by atoms with van der Waals surface area (Å²) in [7, 11) is 0. The zero-order valence-electron chi connectivity index (χ0n) is 7.54. The van der Waals surface area contributed by atoms with Crippen LogP contribution in [0.5, 0.6) is 0 Å². The molecule has 0 unspecified atom stereocenters. The minimum Gasteiger partial charge on any atom is -0.458 e. The summed E-state index contributed by atoms with van der Waals surface area (Å²) in [5, 5.41) is 8.27. The Morgan fingerprint density at radius 1 is 1.62 bits per heavy atom. The Balaban J connectivity index is 2.45. The SMILES string of the molecule is Cc1ccc(C(=O)CCCC#N)o1. The first-order chi connectivity index (χ1) is 6.24. The number of carbonyl (C=O) groups excluding carboxylic acids is 1. The maximum absolute atomic E-state index is 11.3. The van der Waals surface area contributed by atoms with Crippen molar-refractivity contribution in [3.8, 4) is 6.07 Å². The molecule has 0 aliphatic heterocycles. The minimum absolute atomic E-state index is 0.0247. The van der Waals surface area contributed by atoms with Crippen LogP contribution in [-0.2, 0) is 0 Å². The number of furan rings is 1. The van der Waals surface area contributed by atoms with Crippen LogP contribution in [0.25, 0.3) is 0 Å². The molecule has 68 valence electrons. The molecule has 0 bridgehead atoms. The van der Waals surface area contributed by atoms with Crippen LogP contribution in [-0.4, -0.2) is 5.78 Å². The van der Waals surface area contributed by atoms with Crippen LogP contribution in [0.4, 0.5) is 0 Å². The molecule has 1 rings (SSSR count). The molecule has 1 heterocycles. The molecule has 3 nitrogen and oxygen atoms in total. The summed E-state index contributed by atoms with van der Waals surface area (Å²) in [6.07, 6.45) is 1.42. The average molecular weight is 177 g/mol. The second kappa shape index (κ2) is 4.46. The van der Waals surface area contributed by atoms with Gasteiger partial charge in [-0.1, -0.05) is 0 Å². The van der Waals surface area contributed by atoms with Crippen LogP contribution in [0.1, 0.15) is 35.6 Å². The third-order valence-electron chi connectivity index (χ3n) is 1.71. The van der Waals surface area contributed by atoms with Crippen molar-refractivity contribution in [2.24, 2.45) is 0 Å². The van der Waals surface area contributed by atoms with Gasteiger partial charge in [0.15, 0.2) is 11.5 Å². The zero-order chi connectivity index (χ0) is 9.68. The van der Waals surface area contributed by atoms with Gasteiger partial charge in [0, 0.05) is 12.8 Å². The first-order valence-electron chi connectivity index (χ1n) is 4.20. The Hall–Kier alpha value is -1.56. The van der Waals surface area contributed by atoms with E-state index in [0.717, 1.165) is 5.76 Å². The fraction of sp³-hybridized carbons (Fsp3) is 0.400. The van der Waals surface area contributed by atoms with Gasteiger partial charge in [-0.3, -0.25) is 4.79 Å². The summed E-state index contributed by atoms with van der Waals surface area (Å²) in [5.41, 5.74) is 0. The lowest BCUT2D eigenvalue weighted by molar-refractivity contribution is 0.0952. The molecule has 1 aromatic rings. The van der Waals surface area contributed by atoms with Crippen molar-refractivity contribution in [3.63, 3.8) is 0 Å². The molecule has 0 fully saturated rings. The lowest BCUT2D eigenvalue weighted by Crippen LogP contribution is -1.96. The number of rotatable bonds is 4. The highest BCUT2D eigenvalue weighted by atomic mass is 16.3. The number of aryl methyl sites for hydroxylation is 1. The van der Waals surface area contributed by atoms with Crippen LogP contribution >= 0.6 is 0 Å². The molecule has 0 spiro atoms. The highest BCUT2D eigenvalue weighted by molar-refractivity contribution is 5.93. The van der Waals surface area contributed by atoms with Crippen LogP contribution in [0.15, 0.2) is 16.5 Å². The van der Waals surface area contributed by atoms with Gasteiger partial charge in [-0.15, -0.1) is 0 Å². The number of nitrogens with zero attached hydrogens (tertiary/aromatic N) is 1. The topological polar surface area (TPSA) is 54.0 Å². The molecule has 1 aromatic heterocycles. The predicted octanol–water partition coefficient (Wildman–Crippen LogP) is 2.46. The summed E-state index contributed by atoms with van der Waals surface area (Å²) in [6.45, 7) is 1.80. The molecular weight excluding hydrogens is 166 g/mol. The summed E-state index contributed by atoms with van der Waals surface area (Å²) < 4.78 is 5.14. The molecule has 0 saturated heterocycles. The van der Waals surface area contributed by atoms with Gasteiger partial charge in [0.05, 0.1) is 6.07 Å². The third-order valence-corrected chi connectivity index (χ3v) is 1.71. The number of hydrogen-bond donors (Lipinski definition) is 0. The normalized spacial score (nSPS) is 9.54. The largest absolute Gasteiger partial charge is 0.458 e. The smallest absolute Gasteiger partial charge is 0.198 e. The summed E-state index contributed by atoms with van der Waals surface area (Å²) >= 11 is 0. The number of Topliss-reactive ketones (excluding diaryl/α,β-unsaturated/α-hetero) is 1. The van der Waals surface area contributed by atoms with Gasteiger partial charge >= 0.3 is 0 Å². The summed E-state index contributed by atoms with van der Waals surface area (Å²) in [6, 6.07) is 5.43. The van der Waals surface area contributed by atoms with Crippen molar-refractivity contribution in [1.82, 2.24) is 0 Å². The van der Waals surface area contributed by atoms with Crippen LogP contribution in [0.3, 0.4) is 0 Å². The number of nitriles is 1. The quantitative estimate of drug-likeness (QED) is 0.524. The monoisotopic (exact) mass is 177 g/mol. The molecule has 13 heavy (non-hydrogen) atoms. The molecule has 0 atom stereocenters. The molecule has 0 radical (unpaired) electrons. The average Bonchev–Trinajstić information content (AvgIpc) is 2.52. The Kier molecular flexibility index (Phi) is 3.27. The molecule has 0 amide bonds. The van der Waals surface area contributed by atoms with Crippen molar-refractivity contribution in [1.29, 1.82) is 5.26 Å². The van der Waals surface area contributed by atoms with E-state index in [1.165, 1.54) is 0 Å². The highest BCUT2D eigenvalue weighted by Crippen LogP contribution is 2.10. The minimum atomic E-state index is -0.0247. The van der Waals surface area contributed by atoms with E-state index in [9.17, 15) is 4.79 Å². The van der Waals surface area contributed by atoms with Crippen molar-refractivity contribution < 1.29 is 9.21 Å². The molecule has 3 heteroatoms. The van der Waals surface area contributed by atoms with E-state index >= 15 is 0 Å². The number of hydrogen-bond acceptors (Lipinski definition) is 3. The zero-order valence-corrected chi connectivity index (χ0v) is 7.54. The Labute approximate surface area is 77.0 Å². The van der Waals surface area contributed by atoms with Gasteiger partial charge in [0.25, 0.3) is 0 Å². The molecule has 0 aliphatic carbocycles. The van der Waals surface area contributed by atoms with E-state index in [1.807, 2.05) is 6.07 Å². The van der Waals surface area contributed by atoms with E-state index in [-0.39, 0.29) is 5.78 Å². The van der Waals surface area contributed by atoms with Gasteiger partial charge < -0.3 is 4.42 Å². The van der Waals surface area contributed by atoms with Gasteiger partial charge in [0.1, 0.15) is 5.76 Å². The van der Waals surface area contributed by atoms with Crippen LogP contribution < -0.4 is 0 Å². The maximum Gasteiger partial charge on any atom is 0.198 e. The van der Waals surface area contributed by atoms with E-state index in [1.54, 1.807) is 19.1 Å². The van der Waals surface area contributed by atoms with E-state index in [4.69, 9.17) is 9.68 Å². The van der Waals surface area contributed by atoms with Crippen molar-refractivity contribution in [3.05, 3.63) is 23.7 Å². The van der Waals surface area contributed by atoms with Crippen molar-refractivity contribution >= 4 is 5.78 Å². The highest BCUT2D eigenvalue weighted by Gasteiger charge is 2.08. The lowest BCUT2D eigenvalue weighted by Gasteiger charge is -1.93. The second-order valence-corrected chi connectivity index (χ2v) is 2.85. The van der Waals surface area contributed by atoms with Crippen molar-refractivity contribution in [2.45, 2.75) is 26.2 Å². The second-order valence-electron chi connectivity index (χ2n) is 2.85. The lowest BCUT2D eigenvalue weighted by atomic mass is 10.1. The molecule has 0 N–H and O–H groups in total. The van der Waals surface area contributed by atoms with Gasteiger partial charge in [-0.05, 0) is 25.5 Å².